The highest BCUT2D eigenvalue weighted by atomic mass is 16.5. The van der Waals surface area contributed by atoms with Gasteiger partial charge in [0.1, 0.15) is 13.2 Å². The number of ether oxygens (including phenoxy) is 2. The first-order chi connectivity index (χ1) is 14.6. The molecule has 174 valence electrons. The molecule has 0 bridgehead atoms. The van der Waals surface area contributed by atoms with E-state index in [2.05, 4.69) is 6.08 Å². The van der Waals surface area contributed by atoms with Crippen LogP contribution in [-0.4, -0.2) is 47.3 Å². The molecule has 8 nitrogen and oxygen atoms in total. The third-order valence-electron chi connectivity index (χ3n) is 4.17. The molecule has 0 rings (SSSR count). The number of carboxylic acid groups (broad SMARTS) is 2. The molecule has 2 N–H and O–H groups in total. The maximum Gasteiger partial charge on any atom is 0.306 e. The Kier molecular flexibility index (Phi) is 15.3. The van der Waals surface area contributed by atoms with Gasteiger partial charge in [-0.1, -0.05) is 23.3 Å². The molecule has 0 radical (unpaired) electrons. The van der Waals surface area contributed by atoms with Gasteiger partial charge in [-0.25, -0.2) is 0 Å². The van der Waals surface area contributed by atoms with Crippen molar-refractivity contribution in [2.75, 3.05) is 13.2 Å². The fourth-order valence-corrected chi connectivity index (χ4v) is 2.40. The molecule has 0 aromatic heterocycles. The van der Waals surface area contributed by atoms with Crippen LogP contribution < -0.4 is 0 Å². The molecule has 8 heteroatoms. The van der Waals surface area contributed by atoms with Gasteiger partial charge in [-0.3, -0.25) is 19.2 Å². The third kappa shape index (κ3) is 18.8. The highest BCUT2D eigenvalue weighted by Gasteiger charge is 2.08. The van der Waals surface area contributed by atoms with Gasteiger partial charge in [0.15, 0.2) is 0 Å². The smallest absolute Gasteiger partial charge is 0.306 e. The zero-order valence-electron chi connectivity index (χ0n) is 18.6. The van der Waals surface area contributed by atoms with E-state index in [1.165, 1.54) is 5.57 Å². The number of carbonyl (C=O) groups is 4. The van der Waals surface area contributed by atoms with Gasteiger partial charge in [0.25, 0.3) is 0 Å². The normalized spacial score (nSPS) is 11.6. The summed E-state index contributed by atoms with van der Waals surface area (Å²) < 4.78 is 10.2. The second-order valence-electron chi connectivity index (χ2n) is 7.40. The lowest BCUT2D eigenvalue weighted by atomic mass is 10.1. The lowest BCUT2D eigenvalue weighted by Crippen LogP contribution is -2.10. The van der Waals surface area contributed by atoms with E-state index in [4.69, 9.17) is 19.7 Å². The summed E-state index contributed by atoms with van der Waals surface area (Å²) in [5, 5.41) is 17.2. The minimum atomic E-state index is -1.04. The van der Waals surface area contributed by atoms with E-state index in [1.54, 1.807) is 6.08 Å². The van der Waals surface area contributed by atoms with Crippen LogP contribution in [0.25, 0.3) is 0 Å². The van der Waals surface area contributed by atoms with Crippen molar-refractivity contribution in [3.63, 3.8) is 0 Å². The number of rotatable bonds is 16. The van der Waals surface area contributed by atoms with Crippen molar-refractivity contribution in [2.24, 2.45) is 0 Å². The molecule has 0 fully saturated rings. The van der Waals surface area contributed by atoms with Crippen molar-refractivity contribution in [3.8, 4) is 0 Å². The Hall–Kier alpha value is -2.90. The van der Waals surface area contributed by atoms with Crippen LogP contribution in [0, 0.1) is 0 Å². The molecule has 0 aromatic carbocycles. The predicted octanol–water partition coefficient (Wildman–Crippen LogP) is 4.20. The van der Waals surface area contributed by atoms with Crippen molar-refractivity contribution >= 4 is 23.9 Å². The first-order valence-corrected chi connectivity index (χ1v) is 10.3. The minimum Gasteiger partial charge on any atom is -0.481 e. The summed E-state index contributed by atoms with van der Waals surface area (Å²) in [6.07, 6.45) is 8.10. The predicted molar refractivity (Wildman–Crippen MR) is 115 cm³/mol. The van der Waals surface area contributed by atoms with E-state index in [0.717, 1.165) is 30.4 Å². The van der Waals surface area contributed by atoms with Gasteiger partial charge < -0.3 is 19.7 Å². The largest absolute Gasteiger partial charge is 0.481 e. The topological polar surface area (TPSA) is 127 Å². The van der Waals surface area contributed by atoms with E-state index in [9.17, 15) is 19.2 Å². The van der Waals surface area contributed by atoms with E-state index in [-0.39, 0.29) is 38.9 Å². The first kappa shape index (κ1) is 28.1. The number of esters is 2. The molecule has 0 spiro atoms. The molecular weight excluding hydrogens is 404 g/mol. The highest BCUT2D eigenvalue weighted by molar-refractivity contribution is 5.77. The lowest BCUT2D eigenvalue weighted by molar-refractivity contribution is -0.147. The van der Waals surface area contributed by atoms with E-state index < -0.39 is 23.9 Å². The summed E-state index contributed by atoms with van der Waals surface area (Å²) >= 11 is 0. The third-order valence-corrected chi connectivity index (χ3v) is 4.17. The number of allylic oxidation sites excluding steroid dienone is 4. The highest BCUT2D eigenvalue weighted by Crippen LogP contribution is 2.13. The molecule has 0 unspecified atom stereocenters. The summed E-state index contributed by atoms with van der Waals surface area (Å²) in [4.78, 5) is 44.0. The van der Waals surface area contributed by atoms with Gasteiger partial charge in [-0.2, -0.15) is 0 Å². The monoisotopic (exact) mass is 438 g/mol. The Morgan fingerprint density at radius 3 is 1.77 bits per heavy atom. The van der Waals surface area contributed by atoms with Gasteiger partial charge in [0.05, 0.1) is 25.7 Å². The fraction of sp³-hybridized carbons (Fsp3) is 0.565. The molecule has 0 heterocycles. The Morgan fingerprint density at radius 2 is 1.23 bits per heavy atom. The van der Waals surface area contributed by atoms with Crippen LogP contribution >= 0.6 is 0 Å². The summed E-state index contributed by atoms with van der Waals surface area (Å²) in [6.45, 7) is 6.17. The van der Waals surface area contributed by atoms with Crippen molar-refractivity contribution in [1.82, 2.24) is 0 Å². The molecule has 0 atom stereocenters. The van der Waals surface area contributed by atoms with Crippen LogP contribution in [0.2, 0.25) is 0 Å². The summed E-state index contributed by atoms with van der Waals surface area (Å²) in [5.74, 6) is -3.15. The van der Waals surface area contributed by atoms with Gasteiger partial charge in [-0.05, 0) is 58.1 Å². The number of aliphatic carboxylic acids is 2. The molecular formula is C23H34O8. The Morgan fingerprint density at radius 1 is 0.677 bits per heavy atom. The SMILES string of the molecule is CC(C)=CCCC(=CCCC(C)=CCOC(=O)CCC(=O)O)COC(=O)CCC(=O)O. The number of carboxylic acids is 2. The van der Waals surface area contributed by atoms with Gasteiger partial charge in [0.2, 0.25) is 0 Å². The summed E-state index contributed by atoms with van der Waals surface area (Å²) in [6, 6.07) is 0. The van der Waals surface area contributed by atoms with Crippen LogP contribution in [0.5, 0.6) is 0 Å². The van der Waals surface area contributed by atoms with Crippen LogP contribution in [0.15, 0.2) is 34.9 Å². The first-order valence-electron chi connectivity index (χ1n) is 10.3. The number of hydrogen-bond acceptors (Lipinski definition) is 6. The summed E-state index contributed by atoms with van der Waals surface area (Å²) in [7, 11) is 0. The van der Waals surface area contributed by atoms with Crippen molar-refractivity contribution in [2.45, 2.75) is 72.1 Å². The standard InChI is InChI=1S/C23H34O8/c1-17(2)6-4-8-19(16-31-23(29)13-11-21(26)27)9-5-7-18(3)14-15-30-22(28)12-10-20(24)25/h6,9,14H,4-5,7-8,10-13,15-16H2,1-3H3,(H,24,25)(H,26,27). The molecule has 0 aliphatic rings. The van der Waals surface area contributed by atoms with Gasteiger partial charge in [-0.15, -0.1) is 0 Å². The number of hydrogen-bond donors (Lipinski definition) is 2. The maximum atomic E-state index is 11.7. The summed E-state index contributed by atoms with van der Waals surface area (Å²) in [5.41, 5.74) is 3.19. The molecule has 0 aliphatic carbocycles. The van der Waals surface area contributed by atoms with E-state index >= 15 is 0 Å². The molecule has 0 aliphatic heterocycles. The van der Waals surface area contributed by atoms with Crippen LogP contribution in [0.3, 0.4) is 0 Å². The molecule has 0 aromatic rings. The Bertz CT molecular complexity index is 696. The van der Waals surface area contributed by atoms with E-state index in [0.29, 0.717) is 6.42 Å². The van der Waals surface area contributed by atoms with E-state index in [1.807, 2.05) is 26.8 Å². The molecule has 0 amide bonds. The lowest BCUT2D eigenvalue weighted by Gasteiger charge is -2.09. The average molecular weight is 439 g/mol. The Labute approximate surface area is 183 Å². The van der Waals surface area contributed by atoms with Crippen molar-refractivity contribution < 1.29 is 38.9 Å². The van der Waals surface area contributed by atoms with Crippen LogP contribution in [-0.2, 0) is 28.7 Å². The van der Waals surface area contributed by atoms with Crippen LogP contribution in [0.1, 0.15) is 72.1 Å². The zero-order valence-corrected chi connectivity index (χ0v) is 18.6. The van der Waals surface area contributed by atoms with Gasteiger partial charge >= 0.3 is 23.9 Å². The maximum absolute atomic E-state index is 11.7. The van der Waals surface area contributed by atoms with Crippen molar-refractivity contribution in [3.05, 3.63) is 34.9 Å². The zero-order chi connectivity index (χ0) is 23.6. The number of carbonyl (C=O) groups excluding carboxylic acids is 2. The quantitative estimate of drug-likeness (QED) is 0.271. The minimum absolute atomic E-state index is 0.0998. The second kappa shape index (κ2) is 16.8. The van der Waals surface area contributed by atoms with Gasteiger partial charge in [0, 0.05) is 0 Å². The Balaban J connectivity index is 4.55. The fourth-order valence-electron chi connectivity index (χ4n) is 2.40. The molecule has 0 saturated heterocycles. The molecule has 0 saturated carbocycles. The molecule has 31 heavy (non-hydrogen) atoms. The van der Waals surface area contributed by atoms with Crippen molar-refractivity contribution in [1.29, 1.82) is 0 Å². The average Bonchev–Trinajstić information content (AvgIpc) is 2.68. The van der Waals surface area contributed by atoms with Crippen LogP contribution in [0.4, 0.5) is 0 Å². The second-order valence-corrected chi connectivity index (χ2v) is 7.40.